The molecule has 4 rings (SSSR count). The topological polar surface area (TPSA) is 125 Å². The van der Waals surface area contributed by atoms with Gasteiger partial charge in [0.25, 0.3) is 0 Å². The Bertz CT molecular complexity index is 1390. The lowest BCUT2D eigenvalue weighted by atomic mass is 10.0. The van der Waals surface area contributed by atoms with Crippen LogP contribution in [0.1, 0.15) is 38.7 Å². The number of likely N-dealkylation sites (tertiary alicyclic amines) is 1. The number of rotatable bonds is 11. The molecular formula is C31H34N4O5. The maximum Gasteiger partial charge on any atom is 0.246 e. The molecule has 1 aliphatic heterocycles. The number of anilines is 1. The van der Waals surface area contributed by atoms with E-state index in [2.05, 4.69) is 16.0 Å². The van der Waals surface area contributed by atoms with Crippen molar-refractivity contribution in [2.24, 2.45) is 5.92 Å². The number of carbonyl (C=O) groups is 5. The third-order valence-corrected chi connectivity index (χ3v) is 6.78. The van der Waals surface area contributed by atoms with Crippen LogP contribution in [0.4, 0.5) is 5.69 Å². The number of carbonyl (C=O) groups excluding carboxylic acids is 5. The zero-order valence-electron chi connectivity index (χ0n) is 22.7. The third-order valence-electron chi connectivity index (χ3n) is 6.78. The summed E-state index contributed by atoms with van der Waals surface area (Å²) in [6, 6.07) is 20.6. The predicted octanol–water partition coefficient (Wildman–Crippen LogP) is 3.19. The zero-order chi connectivity index (χ0) is 28.6. The predicted molar refractivity (Wildman–Crippen MR) is 152 cm³/mol. The van der Waals surface area contributed by atoms with Gasteiger partial charge in [0, 0.05) is 24.9 Å². The van der Waals surface area contributed by atoms with Crippen molar-refractivity contribution in [2.75, 3.05) is 11.9 Å². The van der Waals surface area contributed by atoms with Crippen molar-refractivity contribution >= 4 is 46.0 Å². The average Bonchev–Trinajstić information content (AvgIpc) is 3.27. The van der Waals surface area contributed by atoms with Gasteiger partial charge < -0.3 is 16.0 Å². The quantitative estimate of drug-likeness (QED) is 0.321. The van der Waals surface area contributed by atoms with Crippen LogP contribution in [0.3, 0.4) is 0 Å². The van der Waals surface area contributed by atoms with Gasteiger partial charge in [-0.05, 0) is 40.8 Å². The summed E-state index contributed by atoms with van der Waals surface area (Å²) in [7, 11) is 0. The molecule has 208 valence electrons. The lowest BCUT2D eigenvalue weighted by Gasteiger charge is -2.26. The van der Waals surface area contributed by atoms with Crippen LogP contribution < -0.4 is 16.0 Å². The monoisotopic (exact) mass is 542 g/mol. The average molecular weight is 543 g/mol. The summed E-state index contributed by atoms with van der Waals surface area (Å²) in [6.45, 7) is 3.49. The van der Waals surface area contributed by atoms with Gasteiger partial charge in [-0.25, -0.2) is 0 Å². The highest BCUT2D eigenvalue weighted by atomic mass is 16.2. The Morgan fingerprint density at radius 1 is 0.825 bits per heavy atom. The van der Waals surface area contributed by atoms with E-state index in [1.54, 1.807) is 0 Å². The molecule has 40 heavy (non-hydrogen) atoms. The molecule has 3 N–H and O–H groups in total. The fourth-order valence-corrected chi connectivity index (χ4v) is 4.81. The summed E-state index contributed by atoms with van der Waals surface area (Å²) >= 11 is 0. The fraction of sp³-hybridized carbons (Fsp3) is 0.323. The van der Waals surface area contributed by atoms with E-state index in [9.17, 15) is 24.0 Å². The second-order valence-electron chi connectivity index (χ2n) is 10.4. The van der Waals surface area contributed by atoms with Crippen molar-refractivity contribution in [3.63, 3.8) is 0 Å². The van der Waals surface area contributed by atoms with E-state index in [0.717, 1.165) is 21.2 Å². The molecule has 9 nitrogen and oxygen atoms in total. The second kappa shape index (κ2) is 13.0. The maximum atomic E-state index is 13.2. The molecule has 3 aromatic rings. The summed E-state index contributed by atoms with van der Waals surface area (Å²) < 4.78 is 0. The van der Waals surface area contributed by atoms with E-state index in [-0.39, 0.29) is 31.1 Å². The lowest BCUT2D eigenvalue weighted by molar-refractivity contribution is -0.146. The lowest BCUT2D eigenvalue weighted by Crippen LogP contribution is -2.53. The van der Waals surface area contributed by atoms with E-state index >= 15 is 0 Å². The van der Waals surface area contributed by atoms with Gasteiger partial charge in [-0.3, -0.25) is 28.9 Å². The Hall–Kier alpha value is -4.53. The maximum absolute atomic E-state index is 13.2. The highest BCUT2D eigenvalue weighted by Crippen LogP contribution is 2.20. The Balaban J connectivity index is 1.40. The molecule has 5 amide bonds. The van der Waals surface area contributed by atoms with Crippen molar-refractivity contribution in [3.05, 3.63) is 78.4 Å². The molecular weight excluding hydrogens is 508 g/mol. The molecule has 2 atom stereocenters. The van der Waals surface area contributed by atoms with Crippen molar-refractivity contribution in [1.29, 1.82) is 0 Å². The number of fused-ring (bicyclic) bond motifs is 1. The summed E-state index contributed by atoms with van der Waals surface area (Å²) in [4.78, 5) is 64.9. The molecule has 0 bridgehead atoms. The molecule has 0 aromatic heterocycles. The summed E-state index contributed by atoms with van der Waals surface area (Å²) in [5.41, 5.74) is 1.39. The smallest absolute Gasteiger partial charge is 0.246 e. The van der Waals surface area contributed by atoms with Gasteiger partial charge in [-0.1, -0.05) is 74.5 Å². The third kappa shape index (κ3) is 7.31. The van der Waals surface area contributed by atoms with Crippen molar-refractivity contribution in [1.82, 2.24) is 15.5 Å². The number of benzene rings is 3. The minimum Gasteiger partial charge on any atom is -0.345 e. The minimum atomic E-state index is -1.07. The summed E-state index contributed by atoms with van der Waals surface area (Å²) in [5, 5.41) is 10.2. The van der Waals surface area contributed by atoms with E-state index in [0.29, 0.717) is 12.1 Å². The summed E-state index contributed by atoms with van der Waals surface area (Å²) in [5.74, 6) is -2.22. The highest BCUT2D eigenvalue weighted by molar-refractivity contribution is 6.06. The van der Waals surface area contributed by atoms with Crippen molar-refractivity contribution < 1.29 is 24.0 Å². The van der Waals surface area contributed by atoms with Crippen LogP contribution in [0, 0.1) is 5.92 Å². The van der Waals surface area contributed by atoms with Crippen LogP contribution in [-0.2, 0) is 30.4 Å². The van der Waals surface area contributed by atoms with Gasteiger partial charge in [-0.15, -0.1) is 0 Å². The van der Waals surface area contributed by atoms with Crippen LogP contribution >= 0.6 is 0 Å². The first-order chi connectivity index (χ1) is 19.2. The van der Waals surface area contributed by atoms with Crippen molar-refractivity contribution in [2.45, 2.75) is 51.6 Å². The highest BCUT2D eigenvalue weighted by Gasteiger charge is 2.39. The van der Waals surface area contributed by atoms with Crippen LogP contribution in [0.25, 0.3) is 10.8 Å². The van der Waals surface area contributed by atoms with Crippen LogP contribution in [-0.4, -0.2) is 53.1 Å². The molecule has 0 radical (unpaired) electrons. The molecule has 1 saturated heterocycles. The Kier molecular flexibility index (Phi) is 9.27. The minimum absolute atomic E-state index is 0.0566. The van der Waals surface area contributed by atoms with Crippen LogP contribution in [0.5, 0.6) is 0 Å². The Morgan fingerprint density at radius 3 is 2.15 bits per heavy atom. The fourth-order valence-electron chi connectivity index (χ4n) is 4.81. The van der Waals surface area contributed by atoms with Crippen LogP contribution in [0.15, 0.2) is 72.8 Å². The molecule has 1 fully saturated rings. The van der Waals surface area contributed by atoms with Gasteiger partial charge in [0.2, 0.25) is 29.5 Å². The van der Waals surface area contributed by atoms with E-state index < -0.39 is 42.3 Å². The first-order valence-corrected chi connectivity index (χ1v) is 13.5. The molecule has 9 heteroatoms. The van der Waals surface area contributed by atoms with Crippen molar-refractivity contribution in [3.8, 4) is 0 Å². The van der Waals surface area contributed by atoms with Gasteiger partial charge in [0.05, 0.1) is 6.54 Å². The van der Waals surface area contributed by atoms with Gasteiger partial charge in [0.15, 0.2) is 0 Å². The largest absolute Gasteiger partial charge is 0.345 e. The number of hydrogen-bond donors (Lipinski definition) is 3. The number of nitrogens with one attached hydrogen (secondary N) is 3. The van der Waals surface area contributed by atoms with Gasteiger partial charge >= 0.3 is 0 Å². The van der Waals surface area contributed by atoms with Gasteiger partial charge in [0.1, 0.15) is 12.1 Å². The Morgan fingerprint density at radius 2 is 1.48 bits per heavy atom. The first-order valence-electron chi connectivity index (χ1n) is 13.5. The summed E-state index contributed by atoms with van der Waals surface area (Å²) in [6.07, 6.45) is 0.643. The first kappa shape index (κ1) is 28.5. The normalized spacial score (nSPS) is 14.7. The Labute approximate surface area is 233 Å². The zero-order valence-corrected chi connectivity index (χ0v) is 22.7. The van der Waals surface area contributed by atoms with E-state index in [4.69, 9.17) is 0 Å². The SMILES string of the molecule is CC(C)C[C@H](NC(=O)CNC(=O)[C@@H](Cc1ccccc1)N1C(=O)CCC1=O)C(=O)Nc1ccc2ccccc2c1. The number of hydrogen-bond acceptors (Lipinski definition) is 5. The molecule has 0 saturated carbocycles. The van der Waals surface area contributed by atoms with Crippen LogP contribution in [0.2, 0.25) is 0 Å². The molecule has 0 unspecified atom stereocenters. The number of amides is 5. The second-order valence-corrected chi connectivity index (χ2v) is 10.4. The van der Waals surface area contributed by atoms with Gasteiger partial charge in [-0.2, -0.15) is 0 Å². The number of imide groups is 1. The molecule has 1 aliphatic rings. The van der Waals surface area contributed by atoms with E-state index in [1.165, 1.54) is 0 Å². The molecule has 3 aromatic carbocycles. The molecule has 1 heterocycles. The standard InChI is InChI=1S/C31H34N4O5/c1-20(2)16-25(30(39)33-24-13-12-22-10-6-7-11-23(22)18-24)34-27(36)19-32-31(40)26(17-21-8-4-3-5-9-21)35-28(37)14-15-29(35)38/h3-13,18,20,25-26H,14-17,19H2,1-2H3,(H,32,40)(H,33,39)(H,34,36)/t25-,26+/m0/s1. The number of nitrogens with zero attached hydrogens (tertiary/aromatic N) is 1. The van der Waals surface area contributed by atoms with E-state index in [1.807, 2.05) is 86.6 Å². The molecule has 0 aliphatic carbocycles. The molecule has 0 spiro atoms.